The van der Waals surface area contributed by atoms with Gasteiger partial charge >= 0.3 is 0 Å². The second-order valence-corrected chi connectivity index (χ2v) is 5.10. The Morgan fingerprint density at radius 3 is 2.50 bits per heavy atom. The molecule has 1 aliphatic rings. The van der Waals surface area contributed by atoms with E-state index in [-0.39, 0.29) is 0 Å². The van der Waals surface area contributed by atoms with Gasteiger partial charge in [-0.2, -0.15) is 11.8 Å². The molecule has 1 N–H and O–H groups in total. The van der Waals surface area contributed by atoms with Crippen molar-refractivity contribution >= 4 is 11.8 Å². The molecule has 0 spiro atoms. The minimum Gasteiger partial charge on any atom is -0.308 e. The van der Waals surface area contributed by atoms with E-state index >= 15 is 0 Å². The van der Waals surface area contributed by atoms with Crippen LogP contribution in [-0.2, 0) is 0 Å². The van der Waals surface area contributed by atoms with Gasteiger partial charge in [-0.1, -0.05) is 0 Å². The van der Waals surface area contributed by atoms with E-state index in [1.54, 1.807) is 0 Å². The summed E-state index contributed by atoms with van der Waals surface area (Å²) in [5.41, 5.74) is 0.301. The Morgan fingerprint density at radius 2 is 2.10 bits per heavy atom. The molecule has 1 nitrogen and oxygen atoms in total. The van der Waals surface area contributed by atoms with E-state index in [4.69, 9.17) is 0 Å². The van der Waals surface area contributed by atoms with Crippen molar-refractivity contribution in [3.8, 4) is 0 Å². The van der Waals surface area contributed by atoms with E-state index in [2.05, 4.69) is 37.8 Å². The van der Waals surface area contributed by atoms with Gasteiger partial charge in [-0.15, -0.1) is 0 Å². The Kier molecular flexibility index (Phi) is 2.64. The van der Waals surface area contributed by atoms with Gasteiger partial charge in [0.2, 0.25) is 0 Å². The first kappa shape index (κ1) is 8.41. The zero-order valence-electron chi connectivity index (χ0n) is 7.11. The van der Waals surface area contributed by atoms with Gasteiger partial charge in [0, 0.05) is 17.3 Å². The van der Waals surface area contributed by atoms with Gasteiger partial charge in [0.1, 0.15) is 0 Å². The molecule has 10 heavy (non-hydrogen) atoms. The number of hydrogen-bond donors (Lipinski definition) is 1. The maximum atomic E-state index is 3.60. The molecule has 0 aromatic rings. The fourth-order valence-electron chi connectivity index (χ4n) is 1.26. The van der Waals surface area contributed by atoms with Crippen molar-refractivity contribution < 1.29 is 0 Å². The van der Waals surface area contributed by atoms with Crippen LogP contribution in [-0.4, -0.2) is 23.1 Å². The lowest BCUT2D eigenvalue weighted by atomic mass is 10.1. The van der Waals surface area contributed by atoms with Crippen LogP contribution in [0.2, 0.25) is 0 Å². The van der Waals surface area contributed by atoms with Crippen molar-refractivity contribution in [2.24, 2.45) is 0 Å². The maximum absolute atomic E-state index is 3.60. The molecule has 0 bridgehead atoms. The van der Waals surface area contributed by atoms with Gasteiger partial charge in [0.15, 0.2) is 0 Å². The smallest absolute Gasteiger partial charge is 0.0170 e. The molecule has 0 saturated carbocycles. The predicted molar refractivity (Wildman–Crippen MR) is 48.6 cm³/mol. The lowest BCUT2D eigenvalue weighted by molar-refractivity contribution is 0.376. The van der Waals surface area contributed by atoms with Crippen LogP contribution in [0.4, 0.5) is 0 Å². The summed E-state index contributed by atoms with van der Waals surface area (Å²) in [6.07, 6.45) is 1.35. The van der Waals surface area contributed by atoms with Crippen LogP contribution in [0.25, 0.3) is 0 Å². The fraction of sp³-hybridized carbons (Fsp3) is 1.00. The summed E-state index contributed by atoms with van der Waals surface area (Å²) >= 11 is 2.06. The molecule has 1 rings (SSSR count). The molecule has 1 aliphatic heterocycles. The summed E-state index contributed by atoms with van der Waals surface area (Å²) in [5, 5.41) is 3.60. The lowest BCUT2D eigenvalue weighted by Crippen LogP contribution is -2.43. The van der Waals surface area contributed by atoms with Crippen molar-refractivity contribution in [3.05, 3.63) is 0 Å². The SMILES string of the molecule is CC(C)(C)NC1CCSC1. The summed E-state index contributed by atoms with van der Waals surface area (Å²) < 4.78 is 0. The third kappa shape index (κ3) is 2.93. The molecule has 0 radical (unpaired) electrons. The third-order valence-electron chi connectivity index (χ3n) is 1.57. The highest BCUT2D eigenvalue weighted by Crippen LogP contribution is 2.19. The molecule has 2 heteroatoms. The van der Waals surface area contributed by atoms with Crippen LogP contribution < -0.4 is 5.32 Å². The molecule has 1 heterocycles. The Labute approximate surface area is 68.0 Å². The van der Waals surface area contributed by atoms with Crippen LogP contribution in [0.15, 0.2) is 0 Å². The number of rotatable bonds is 1. The summed E-state index contributed by atoms with van der Waals surface area (Å²) in [4.78, 5) is 0. The molecule has 0 aliphatic carbocycles. The first-order chi connectivity index (χ1) is 4.58. The molecular formula is C8H17NS. The molecule has 60 valence electrons. The van der Waals surface area contributed by atoms with Gasteiger partial charge in [-0.25, -0.2) is 0 Å². The van der Waals surface area contributed by atoms with E-state index in [1.165, 1.54) is 17.9 Å². The zero-order chi connectivity index (χ0) is 7.61. The van der Waals surface area contributed by atoms with Crippen molar-refractivity contribution in [1.82, 2.24) is 5.32 Å². The van der Waals surface area contributed by atoms with Crippen molar-refractivity contribution in [1.29, 1.82) is 0 Å². The summed E-state index contributed by atoms with van der Waals surface area (Å²) in [7, 11) is 0. The Hall–Kier alpha value is 0.310. The predicted octanol–water partition coefficient (Wildman–Crippen LogP) is 1.88. The van der Waals surface area contributed by atoms with Gasteiger partial charge in [0.05, 0.1) is 0 Å². The second-order valence-electron chi connectivity index (χ2n) is 3.95. The maximum Gasteiger partial charge on any atom is 0.0170 e. The zero-order valence-corrected chi connectivity index (χ0v) is 7.92. The van der Waals surface area contributed by atoms with Gasteiger partial charge < -0.3 is 5.32 Å². The van der Waals surface area contributed by atoms with E-state index < -0.39 is 0 Å². The standard InChI is InChI=1S/C8H17NS/c1-8(2,3)9-7-4-5-10-6-7/h7,9H,4-6H2,1-3H3. The topological polar surface area (TPSA) is 12.0 Å². The summed E-state index contributed by atoms with van der Waals surface area (Å²) in [6, 6.07) is 0.769. The number of thioether (sulfide) groups is 1. The average Bonchev–Trinajstić information content (AvgIpc) is 2.12. The highest BCUT2D eigenvalue weighted by molar-refractivity contribution is 7.99. The Balaban J connectivity index is 2.24. The second kappa shape index (κ2) is 3.14. The highest BCUT2D eigenvalue weighted by Gasteiger charge is 2.20. The van der Waals surface area contributed by atoms with E-state index in [1.807, 2.05) is 0 Å². The monoisotopic (exact) mass is 159 g/mol. The third-order valence-corrected chi connectivity index (χ3v) is 2.73. The van der Waals surface area contributed by atoms with Crippen LogP contribution in [0.5, 0.6) is 0 Å². The largest absolute Gasteiger partial charge is 0.308 e. The van der Waals surface area contributed by atoms with Crippen molar-refractivity contribution in [2.45, 2.75) is 38.8 Å². The quantitative estimate of drug-likeness (QED) is 0.627. The summed E-state index contributed by atoms with van der Waals surface area (Å²) in [5.74, 6) is 2.64. The van der Waals surface area contributed by atoms with Crippen LogP contribution in [0, 0.1) is 0 Å². The van der Waals surface area contributed by atoms with Crippen LogP contribution in [0.3, 0.4) is 0 Å². The molecule has 0 aromatic heterocycles. The van der Waals surface area contributed by atoms with E-state index in [0.717, 1.165) is 6.04 Å². The van der Waals surface area contributed by atoms with Gasteiger partial charge in [-0.3, -0.25) is 0 Å². The van der Waals surface area contributed by atoms with Crippen LogP contribution in [0.1, 0.15) is 27.2 Å². The minimum atomic E-state index is 0.301. The first-order valence-corrected chi connectivity index (χ1v) is 5.09. The normalized spacial score (nSPS) is 27.3. The summed E-state index contributed by atoms with van der Waals surface area (Å²) in [6.45, 7) is 6.70. The molecule has 1 fully saturated rings. The van der Waals surface area contributed by atoms with Crippen molar-refractivity contribution in [2.75, 3.05) is 11.5 Å². The van der Waals surface area contributed by atoms with Crippen LogP contribution >= 0.6 is 11.8 Å². The Bertz CT molecular complexity index is 100. The highest BCUT2D eigenvalue weighted by atomic mass is 32.2. The number of nitrogens with one attached hydrogen (secondary N) is 1. The molecular weight excluding hydrogens is 142 g/mol. The Morgan fingerprint density at radius 1 is 1.40 bits per heavy atom. The van der Waals surface area contributed by atoms with E-state index in [0.29, 0.717) is 5.54 Å². The van der Waals surface area contributed by atoms with E-state index in [9.17, 15) is 0 Å². The number of hydrogen-bond acceptors (Lipinski definition) is 2. The fourth-order valence-corrected chi connectivity index (χ4v) is 2.41. The molecule has 1 unspecified atom stereocenters. The molecule has 1 saturated heterocycles. The molecule has 1 atom stereocenters. The van der Waals surface area contributed by atoms with Gasteiger partial charge in [0.25, 0.3) is 0 Å². The first-order valence-electron chi connectivity index (χ1n) is 3.93. The molecule has 0 aromatic carbocycles. The van der Waals surface area contributed by atoms with Crippen molar-refractivity contribution in [3.63, 3.8) is 0 Å². The average molecular weight is 159 g/mol. The minimum absolute atomic E-state index is 0.301. The molecule has 0 amide bonds. The van der Waals surface area contributed by atoms with Gasteiger partial charge in [-0.05, 0) is 32.9 Å². The lowest BCUT2D eigenvalue weighted by Gasteiger charge is -2.25.